The van der Waals surface area contributed by atoms with E-state index in [9.17, 15) is 14.7 Å². The van der Waals surface area contributed by atoms with Gasteiger partial charge < -0.3 is 30.3 Å². The number of carbonyl (C=O) groups is 2. The van der Waals surface area contributed by atoms with Crippen LogP contribution >= 0.6 is 11.6 Å². The molecule has 0 aromatic heterocycles. The average Bonchev–Trinajstić information content (AvgIpc) is 3.11. The molecular weight excluding hydrogens is 624 g/mol. The molecular formula is C39H51ClN4O4. The summed E-state index contributed by atoms with van der Waals surface area (Å²) in [5.41, 5.74) is 2.07. The fraction of sp³-hybridized carbons (Fsp3) is 0.487. The Bertz CT molecular complexity index is 1380. The summed E-state index contributed by atoms with van der Waals surface area (Å²) in [6.07, 6.45) is 5.27. The number of amides is 2. The quantitative estimate of drug-likeness (QED) is 0.179. The van der Waals surface area contributed by atoms with Gasteiger partial charge in [0.15, 0.2) is 0 Å². The van der Waals surface area contributed by atoms with Crippen molar-refractivity contribution in [2.24, 2.45) is 0 Å². The number of aliphatic hydroxyl groups is 1. The number of carbonyl (C=O) groups excluding carboxylic acids is 2. The number of nitrogens with one attached hydrogen (secondary N) is 2. The summed E-state index contributed by atoms with van der Waals surface area (Å²) in [5.74, 6) is -0.158. The van der Waals surface area contributed by atoms with Gasteiger partial charge in [-0.05, 0) is 80.8 Å². The molecule has 0 radical (unpaired) electrons. The normalized spacial score (nSPS) is 17.5. The van der Waals surface area contributed by atoms with Gasteiger partial charge in [0.25, 0.3) is 0 Å². The lowest BCUT2D eigenvalue weighted by atomic mass is 9.71. The molecule has 0 saturated carbocycles. The lowest BCUT2D eigenvalue weighted by molar-refractivity contribution is -0.143. The molecule has 5 rings (SSSR count). The lowest BCUT2D eigenvalue weighted by Crippen LogP contribution is -2.51. The molecule has 9 heteroatoms. The molecule has 2 amide bonds. The number of likely N-dealkylation sites (tertiary alicyclic amines) is 2. The number of nitrogens with zero attached hydrogens (tertiary/aromatic N) is 2. The van der Waals surface area contributed by atoms with Crippen LogP contribution in [0.1, 0.15) is 68.6 Å². The molecule has 2 saturated heterocycles. The van der Waals surface area contributed by atoms with Crippen molar-refractivity contribution in [2.45, 2.75) is 68.9 Å². The Balaban J connectivity index is 1.19. The lowest BCUT2D eigenvalue weighted by Gasteiger charge is -2.40. The minimum atomic E-state index is -0.824. The first-order chi connectivity index (χ1) is 23.3. The number of hydrogen-bond donors (Lipinski definition) is 3. The predicted molar refractivity (Wildman–Crippen MR) is 191 cm³/mol. The summed E-state index contributed by atoms with van der Waals surface area (Å²) in [6, 6.07) is 28.6. The van der Waals surface area contributed by atoms with Crippen molar-refractivity contribution in [3.05, 3.63) is 107 Å². The third kappa shape index (κ3) is 9.59. The number of urea groups is 1. The van der Waals surface area contributed by atoms with Crippen molar-refractivity contribution in [3.63, 3.8) is 0 Å². The minimum Gasteiger partial charge on any atom is -0.466 e. The summed E-state index contributed by atoms with van der Waals surface area (Å²) in [5, 5.41) is 18.6. The second-order valence-electron chi connectivity index (χ2n) is 13.3. The highest BCUT2D eigenvalue weighted by Gasteiger charge is 2.37. The molecule has 0 spiro atoms. The number of benzene rings is 3. The fourth-order valence-corrected chi connectivity index (χ4v) is 7.44. The molecule has 2 fully saturated rings. The van der Waals surface area contributed by atoms with Crippen LogP contribution in [-0.2, 0) is 20.5 Å². The Hall–Kier alpha value is -3.43. The predicted octanol–water partition coefficient (Wildman–Crippen LogP) is 6.11. The number of piperidine rings is 2. The van der Waals surface area contributed by atoms with E-state index >= 15 is 0 Å². The van der Waals surface area contributed by atoms with Crippen LogP contribution in [0, 0.1) is 0 Å². The van der Waals surface area contributed by atoms with E-state index in [2.05, 4.69) is 69.0 Å². The van der Waals surface area contributed by atoms with E-state index in [1.54, 1.807) is 0 Å². The van der Waals surface area contributed by atoms with Crippen LogP contribution in [-0.4, -0.2) is 85.4 Å². The van der Waals surface area contributed by atoms with Crippen LogP contribution < -0.4 is 10.6 Å². The Morgan fingerprint density at radius 3 is 2.04 bits per heavy atom. The summed E-state index contributed by atoms with van der Waals surface area (Å²) >= 11 is 6.09. The Morgan fingerprint density at radius 1 is 0.875 bits per heavy atom. The van der Waals surface area contributed by atoms with E-state index in [1.807, 2.05) is 43.3 Å². The zero-order valence-electron chi connectivity index (χ0n) is 28.2. The molecule has 0 atom stereocenters. The summed E-state index contributed by atoms with van der Waals surface area (Å²) in [7, 11) is 0. The van der Waals surface area contributed by atoms with Crippen LogP contribution in [0.2, 0.25) is 5.02 Å². The first-order valence-corrected chi connectivity index (χ1v) is 17.9. The Kier molecular flexibility index (Phi) is 12.9. The Labute approximate surface area is 290 Å². The summed E-state index contributed by atoms with van der Waals surface area (Å²) in [6.45, 7) is 7.65. The highest BCUT2D eigenvalue weighted by atomic mass is 35.5. The van der Waals surface area contributed by atoms with Gasteiger partial charge >= 0.3 is 12.0 Å². The van der Waals surface area contributed by atoms with Crippen molar-refractivity contribution in [2.75, 3.05) is 52.4 Å². The molecule has 3 N–H and O–H groups in total. The first-order valence-electron chi connectivity index (χ1n) is 17.5. The van der Waals surface area contributed by atoms with Crippen molar-refractivity contribution in [3.8, 4) is 0 Å². The zero-order chi connectivity index (χ0) is 33.8. The largest absolute Gasteiger partial charge is 0.466 e. The maximum atomic E-state index is 13.4. The standard InChI is InChI=1S/C39H51ClN4O4/c1-2-48-36(45)20-27-44-25-18-35(19-26-44)42-37(46)41-30-38(31-10-5-3-6-11-31,32-12-7-4-8-13-32)21-9-24-43-28-22-39(47,23-29-43)33-14-16-34(40)17-15-33/h3-8,10-17,35,47H,2,9,18-30H2,1H3,(H2,41,42,46). The van der Waals surface area contributed by atoms with E-state index < -0.39 is 11.0 Å². The molecule has 0 aliphatic carbocycles. The van der Waals surface area contributed by atoms with Gasteiger partial charge in [0, 0.05) is 55.7 Å². The van der Waals surface area contributed by atoms with Gasteiger partial charge in [-0.3, -0.25) is 4.79 Å². The molecule has 48 heavy (non-hydrogen) atoms. The second-order valence-corrected chi connectivity index (χ2v) is 13.7. The van der Waals surface area contributed by atoms with Crippen molar-refractivity contribution in [1.82, 2.24) is 20.4 Å². The van der Waals surface area contributed by atoms with Crippen LogP contribution in [0.3, 0.4) is 0 Å². The molecule has 258 valence electrons. The van der Waals surface area contributed by atoms with E-state index in [-0.39, 0.29) is 18.0 Å². The van der Waals surface area contributed by atoms with Crippen molar-refractivity contribution < 1.29 is 19.4 Å². The molecule has 2 heterocycles. The summed E-state index contributed by atoms with van der Waals surface area (Å²) < 4.78 is 5.06. The monoisotopic (exact) mass is 674 g/mol. The van der Waals surface area contributed by atoms with Crippen LogP contribution in [0.15, 0.2) is 84.9 Å². The maximum Gasteiger partial charge on any atom is 0.315 e. The molecule has 2 aliphatic rings. The van der Waals surface area contributed by atoms with Crippen LogP contribution in [0.5, 0.6) is 0 Å². The van der Waals surface area contributed by atoms with E-state index in [1.165, 1.54) is 11.1 Å². The zero-order valence-corrected chi connectivity index (χ0v) is 29.0. The molecule has 8 nitrogen and oxygen atoms in total. The topological polar surface area (TPSA) is 94.1 Å². The van der Waals surface area contributed by atoms with Gasteiger partial charge in [-0.2, -0.15) is 0 Å². The van der Waals surface area contributed by atoms with Crippen LogP contribution in [0.4, 0.5) is 4.79 Å². The Morgan fingerprint density at radius 2 is 1.46 bits per heavy atom. The van der Waals surface area contributed by atoms with E-state index in [0.29, 0.717) is 44.0 Å². The van der Waals surface area contributed by atoms with Crippen LogP contribution in [0.25, 0.3) is 0 Å². The number of hydrogen-bond acceptors (Lipinski definition) is 6. The molecule has 3 aromatic rings. The average molecular weight is 675 g/mol. The SMILES string of the molecule is CCOC(=O)CCN1CCC(NC(=O)NCC(CCCN2CCC(O)(c3ccc(Cl)cc3)CC2)(c2ccccc2)c2ccccc2)CC1. The van der Waals surface area contributed by atoms with E-state index in [4.69, 9.17) is 16.3 Å². The highest BCUT2D eigenvalue weighted by Crippen LogP contribution is 2.38. The number of rotatable bonds is 14. The van der Waals surface area contributed by atoms with Gasteiger partial charge in [0.1, 0.15) is 0 Å². The molecule has 0 bridgehead atoms. The third-order valence-corrected chi connectivity index (χ3v) is 10.5. The number of esters is 1. The summed E-state index contributed by atoms with van der Waals surface area (Å²) in [4.78, 5) is 29.8. The third-order valence-electron chi connectivity index (χ3n) is 10.2. The number of ether oxygens (including phenoxy) is 1. The fourth-order valence-electron chi connectivity index (χ4n) is 7.31. The van der Waals surface area contributed by atoms with Gasteiger partial charge in [-0.1, -0.05) is 84.4 Å². The van der Waals surface area contributed by atoms with Crippen molar-refractivity contribution >= 4 is 23.6 Å². The minimum absolute atomic E-state index is 0.0947. The second kappa shape index (κ2) is 17.3. The van der Waals surface area contributed by atoms with Gasteiger partial charge in [-0.25, -0.2) is 4.79 Å². The molecule has 2 aliphatic heterocycles. The molecule has 0 unspecified atom stereocenters. The molecule has 3 aromatic carbocycles. The van der Waals surface area contributed by atoms with E-state index in [0.717, 1.165) is 64.0 Å². The van der Waals surface area contributed by atoms with Gasteiger partial charge in [0.05, 0.1) is 18.6 Å². The number of halogens is 1. The smallest absolute Gasteiger partial charge is 0.315 e. The maximum absolute atomic E-state index is 13.4. The van der Waals surface area contributed by atoms with Gasteiger partial charge in [0.2, 0.25) is 0 Å². The first kappa shape index (κ1) is 35.9. The van der Waals surface area contributed by atoms with Gasteiger partial charge in [-0.15, -0.1) is 0 Å². The highest BCUT2D eigenvalue weighted by molar-refractivity contribution is 6.30. The van der Waals surface area contributed by atoms with Crippen molar-refractivity contribution in [1.29, 1.82) is 0 Å².